The van der Waals surface area contributed by atoms with E-state index in [1.807, 2.05) is 37.3 Å². The molecule has 1 saturated carbocycles. The van der Waals surface area contributed by atoms with Crippen LogP contribution in [0.3, 0.4) is 0 Å². The van der Waals surface area contributed by atoms with Crippen LogP contribution >= 0.6 is 15.9 Å². The van der Waals surface area contributed by atoms with Gasteiger partial charge in [0, 0.05) is 28.0 Å². The van der Waals surface area contributed by atoms with Gasteiger partial charge in [0.2, 0.25) is 5.95 Å². The standard InChI is InChI=1S/C16H19BrN4/c1-11-9-15(19-14-8-4-5-12(17)10-14)21-16(18-11)20-13-6-2-3-7-13/h4-5,8-10,13H,2-3,6-7H2,1H3,(H2,18,19,20,21). The van der Waals surface area contributed by atoms with Gasteiger partial charge in [0.1, 0.15) is 5.82 Å². The van der Waals surface area contributed by atoms with E-state index in [-0.39, 0.29) is 0 Å². The fourth-order valence-corrected chi connectivity index (χ4v) is 3.06. The minimum absolute atomic E-state index is 0.519. The zero-order valence-corrected chi connectivity index (χ0v) is 13.7. The van der Waals surface area contributed by atoms with Gasteiger partial charge in [-0.1, -0.05) is 34.8 Å². The SMILES string of the molecule is Cc1cc(Nc2cccc(Br)c2)nc(NC2CCCC2)n1. The molecule has 2 N–H and O–H groups in total. The Bertz CT molecular complexity index is 623. The minimum Gasteiger partial charge on any atom is -0.351 e. The lowest BCUT2D eigenvalue weighted by molar-refractivity contribution is 0.743. The molecule has 0 aliphatic heterocycles. The molecule has 0 atom stereocenters. The molecule has 1 aliphatic rings. The number of hydrogen-bond donors (Lipinski definition) is 2. The fourth-order valence-electron chi connectivity index (χ4n) is 2.66. The molecule has 0 radical (unpaired) electrons. The van der Waals surface area contributed by atoms with E-state index in [9.17, 15) is 0 Å². The molecule has 110 valence electrons. The van der Waals surface area contributed by atoms with Gasteiger partial charge in [-0.05, 0) is 38.0 Å². The first-order valence-electron chi connectivity index (χ1n) is 7.34. The summed E-state index contributed by atoms with van der Waals surface area (Å²) in [5, 5.41) is 6.78. The van der Waals surface area contributed by atoms with E-state index in [1.54, 1.807) is 0 Å². The topological polar surface area (TPSA) is 49.8 Å². The number of nitrogens with one attached hydrogen (secondary N) is 2. The number of halogens is 1. The fraction of sp³-hybridized carbons (Fsp3) is 0.375. The molecule has 1 fully saturated rings. The van der Waals surface area contributed by atoms with Crippen LogP contribution in [0.4, 0.5) is 17.5 Å². The normalized spacial score (nSPS) is 15.1. The highest BCUT2D eigenvalue weighted by molar-refractivity contribution is 9.10. The minimum atomic E-state index is 0.519. The summed E-state index contributed by atoms with van der Waals surface area (Å²) in [6.45, 7) is 1.99. The monoisotopic (exact) mass is 346 g/mol. The van der Waals surface area contributed by atoms with Crippen LogP contribution in [0.15, 0.2) is 34.8 Å². The number of nitrogens with zero attached hydrogens (tertiary/aromatic N) is 2. The van der Waals surface area contributed by atoms with Crippen molar-refractivity contribution in [1.82, 2.24) is 9.97 Å². The Balaban J connectivity index is 1.77. The number of benzene rings is 1. The van der Waals surface area contributed by atoms with Gasteiger partial charge in [0.15, 0.2) is 0 Å². The van der Waals surface area contributed by atoms with E-state index in [0.29, 0.717) is 6.04 Å². The molecular weight excluding hydrogens is 328 g/mol. The van der Waals surface area contributed by atoms with Crippen molar-refractivity contribution in [3.8, 4) is 0 Å². The van der Waals surface area contributed by atoms with E-state index in [0.717, 1.165) is 27.6 Å². The Morgan fingerprint density at radius 2 is 1.95 bits per heavy atom. The lowest BCUT2D eigenvalue weighted by Crippen LogP contribution is -2.17. The summed E-state index contributed by atoms with van der Waals surface area (Å²) in [7, 11) is 0. The van der Waals surface area contributed by atoms with E-state index in [1.165, 1.54) is 25.7 Å². The molecule has 4 nitrogen and oxygen atoms in total. The zero-order valence-electron chi connectivity index (χ0n) is 12.1. The quantitative estimate of drug-likeness (QED) is 0.846. The Labute approximate surface area is 133 Å². The second kappa shape index (κ2) is 6.43. The van der Waals surface area contributed by atoms with Crippen LogP contribution in [0.5, 0.6) is 0 Å². The van der Waals surface area contributed by atoms with E-state index in [2.05, 4.69) is 36.5 Å². The average molecular weight is 347 g/mol. The molecule has 1 aromatic carbocycles. The molecule has 2 aromatic rings. The van der Waals surface area contributed by atoms with Gasteiger partial charge in [0.25, 0.3) is 0 Å². The van der Waals surface area contributed by atoms with Crippen LogP contribution in [-0.4, -0.2) is 16.0 Å². The number of hydrogen-bond acceptors (Lipinski definition) is 4. The molecule has 1 heterocycles. The van der Waals surface area contributed by atoms with Crippen molar-refractivity contribution in [3.05, 3.63) is 40.5 Å². The smallest absolute Gasteiger partial charge is 0.225 e. The van der Waals surface area contributed by atoms with Gasteiger partial charge >= 0.3 is 0 Å². The Kier molecular flexibility index (Phi) is 4.39. The summed E-state index contributed by atoms with van der Waals surface area (Å²) >= 11 is 3.48. The van der Waals surface area contributed by atoms with Crippen LogP contribution in [-0.2, 0) is 0 Å². The first-order valence-corrected chi connectivity index (χ1v) is 8.13. The molecule has 0 unspecified atom stereocenters. The highest BCUT2D eigenvalue weighted by Crippen LogP contribution is 2.23. The second-order valence-electron chi connectivity index (χ2n) is 5.48. The molecule has 3 rings (SSSR count). The Hall–Kier alpha value is -1.62. The van der Waals surface area contributed by atoms with Gasteiger partial charge in [0.05, 0.1) is 0 Å². The first-order chi connectivity index (χ1) is 10.2. The zero-order chi connectivity index (χ0) is 14.7. The number of aryl methyl sites for hydroxylation is 1. The molecule has 0 spiro atoms. The number of rotatable bonds is 4. The number of anilines is 3. The molecule has 5 heteroatoms. The van der Waals surface area contributed by atoms with Crippen LogP contribution in [0, 0.1) is 6.92 Å². The van der Waals surface area contributed by atoms with Crippen molar-refractivity contribution in [1.29, 1.82) is 0 Å². The molecule has 1 aromatic heterocycles. The third-order valence-corrected chi connectivity index (χ3v) is 4.13. The van der Waals surface area contributed by atoms with Crippen molar-refractivity contribution in [2.75, 3.05) is 10.6 Å². The predicted octanol–water partition coefficient (Wildman–Crippen LogP) is 4.65. The van der Waals surface area contributed by atoms with Crippen molar-refractivity contribution >= 4 is 33.4 Å². The van der Waals surface area contributed by atoms with Gasteiger partial charge in [-0.2, -0.15) is 4.98 Å². The average Bonchev–Trinajstić information content (AvgIpc) is 2.90. The summed E-state index contributed by atoms with van der Waals surface area (Å²) in [6, 6.07) is 10.5. The third kappa shape index (κ3) is 3.94. The van der Waals surface area contributed by atoms with E-state index >= 15 is 0 Å². The predicted molar refractivity (Wildman–Crippen MR) is 90.1 cm³/mol. The third-order valence-electron chi connectivity index (χ3n) is 3.64. The van der Waals surface area contributed by atoms with Crippen LogP contribution in [0.25, 0.3) is 0 Å². The molecule has 0 bridgehead atoms. The van der Waals surface area contributed by atoms with Gasteiger partial charge in [-0.3, -0.25) is 0 Å². The van der Waals surface area contributed by atoms with Crippen molar-refractivity contribution in [2.24, 2.45) is 0 Å². The summed E-state index contributed by atoms with van der Waals surface area (Å²) in [5.41, 5.74) is 1.97. The van der Waals surface area contributed by atoms with Crippen molar-refractivity contribution in [3.63, 3.8) is 0 Å². The highest BCUT2D eigenvalue weighted by atomic mass is 79.9. The van der Waals surface area contributed by atoms with E-state index in [4.69, 9.17) is 0 Å². The van der Waals surface area contributed by atoms with Gasteiger partial charge < -0.3 is 10.6 Å². The van der Waals surface area contributed by atoms with Crippen molar-refractivity contribution < 1.29 is 0 Å². The lowest BCUT2D eigenvalue weighted by Gasteiger charge is -2.14. The van der Waals surface area contributed by atoms with Gasteiger partial charge in [-0.15, -0.1) is 0 Å². The molecule has 0 amide bonds. The second-order valence-corrected chi connectivity index (χ2v) is 6.39. The maximum atomic E-state index is 4.57. The summed E-state index contributed by atoms with van der Waals surface area (Å²) in [6.07, 6.45) is 5.02. The highest BCUT2D eigenvalue weighted by Gasteiger charge is 2.16. The molecule has 0 saturated heterocycles. The Morgan fingerprint density at radius 3 is 2.71 bits per heavy atom. The number of aromatic nitrogens is 2. The van der Waals surface area contributed by atoms with Crippen LogP contribution in [0.2, 0.25) is 0 Å². The summed E-state index contributed by atoms with van der Waals surface area (Å²) in [4.78, 5) is 9.06. The lowest BCUT2D eigenvalue weighted by atomic mass is 10.2. The molecule has 1 aliphatic carbocycles. The first kappa shape index (κ1) is 14.3. The maximum absolute atomic E-state index is 4.57. The molecular formula is C16H19BrN4. The van der Waals surface area contributed by atoms with Crippen LogP contribution in [0.1, 0.15) is 31.4 Å². The van der Waals surface area contributed by atoms with Gasteiger partial charge in [-0.25, -0.2) is 4.98 Å². The van der Waals surface area contributed by atoms with Crippen molar-refractivity contribution in [2.45, 2.75) is 38.6 Å². The summed E-state index contributed by atoms with van der Waals surface area (Å²) in [5.74, 6) is 1.54. The largest absolute Gasteiger partial charge is 0.351 e. The molecule has 21 heavy (non-hydrogen) atoms. The summed E-state index contributed by atoms with van der Waals surface area (Å²) < 4.78 is 1.04. The maximum Gasteiger partial charge on any atom is 0.225 e. The van der Waals surface area contributed by atoms with E-state index < -0.39 is 0 Å². The van der Waals surface area contributed by atoms with Crippen LogP contribution < -0.4 is 10.6 Å². The Morgan fingerprint density at radius 1 is 1.14 bits per heavy atom.